The van der Waals surface area contributed by atoms with Gasteiger partial charge < -0.3 is 14.3 Å². The van der Waals surface area contributed by atoms with Gasteiger partial charge in [-0.15, -0.1) is 0 Å². The van der Waals surface area contributed by atoms with Gasteiger partial charge in [0.2, 0.25) is 0 Å². The SMILES string of the molecule is CCn1nc(C)c2[nH]c(=S)n(CCCOCC3CC3)c21. The smallest absolute Gasteiger partial charge is 0.179 e. The number of imidazole rings is 1. The molecular weight excluding hydrogens is 272 g/mol. The lowest BCUT2D eigenvalue weighted by molar-refractivity contribution is 0.119. The Balaban J connectivity index is 1.69. The average Bonchev–Trinajstić information content (AvgIpc) is 3.13. The lowest BCUT2D eigenvalue weighted by Gasteiger charge is -2.07. The zero-order valence-electron chi connectivity index (χ0n) is 12.2. The first kappa shape index (κ1) is 13.8. The molecule has 0 radical (unpaired) electrons. The first-order valence-corrected chi connectivity index (χ1v) is 7.85. The van der Waals surface area contributed by atoms with Gasteiger partial charge in [0.1, 0.15) is 5.52 Å². The summed E-state index contributed by atoms with van der Waals surface area (Å²) in [6.07, 6.45) is 3.68. The maximum Gasteiger partial charge on any atom is 0.179 e. The van der Waals surface area contributed by atoms with E-state index in [1.54, 1.807) is 0 Å². The monoisotopic (exact) mass is 294 g/mol. The Morgan fingerprint density at radius 3 is 2.95 bits per heavy atom. The van der Waals surface area contributed by atoms with E-state index in [4.69, 9.17) is 17.0 Å². The molecule has 1 aliphatic carbocycles. The van der Waals surface area contributed by atoms with Gasteiger partial charge in [-0.3, -0.25) is 0 Å². The van der Waals surface area contributed by atoms with Crippen LogP contribution >= 0.6 is 12.2 Å². The Labute approximate surface area is 123 Å². The van der Waals surface area contributed by atoms with Crippen molar-refractivity contribution in [3.8, 4) is 0 Å². The van der Waals surface area contributed by atoms with Crippen molar-refractivity contribution in [1.82, 2.24) is 19.3 Å². The predicted octanol–water partition coefficient (Wildman–Crippen LogP) is 3.04. The third-order valence-corrected chi connectivity index (χ3v) is 4.18. The van der Waals surface area contributed by atoms with Crippen LogP contribution in [0, 0.1) is 17.6 Å². The van der Waals surface area contributed by atoms with Crippen LogP contribution in [-0.2, 0) is 17.8 Å². The highest BCUT2D eigenvalue weighted by atomic mass is 32.1. The number of rotatable bonds is 7. The summed E-state index contributed by atoms with van der Waals surface area (Å²) < 4.78 is 10.6. The van der Waals surface area contributed by atoms with Crippen LogP contribution in [0.3, 0.4) is 0 Å². The summed E-state index contributed by atoms with van der Waals surface area (Å²) in [6.45, 7) is 7.60. The van der Waals surface area contributed by atoms with E-state index in [1.807, 2.05) is 11.6 Å². The number of H-pyrrole nitrogens is 1. The number of hydrogen-bond donors (Lipinski definition) is 1. The molecule has 0 amide bonds. The van der Waals surface area contributed by atoms with E-state index >= 15 is 0 Å². The fourth-order valence-electron chi connectivity index (χ4n) is 2.55. The van der Waals surface area contributed by atoms with Gasteiger partial charge in [-0.25, -0.2) is 4.68 Å². The molecule has 1 aliphatic rings. The Morgan fingerprint density at radius 2 is 2.25 bits per heavy atom. The molecule has 0 aliphatic heterocycles. The maximum atomic E-state index is 5.69. The summed E-state index contributed by atoms with van der Waals surface area (Å²) >= 11 is 5.43. The summed E-state index contributed by atoms with van der Waals surface area (Å²) in [5.41, 5.74) is 3.18. The second-order valence-electron chi connectivity index (χ2n) is 5.55. The molecule has 20 heavy (non-hydrogen) atoms. The molecular formula is C14H22N4OS. The van der Waals surface area contributed by atoms with Gasteiger partial charge in [-0.2, -0.15) is 5.10 Å². The molecule has 1 N–H and O–H groups in total. The van der Waals surface area contributed by atoms with Gasteiger partial charge in [-0.05, 0) is 51.2 Å². The number of aryl methyl sites for hydroxylation is 3. The molecule has 110 valence electrons. The number of aromatic nitrogens is 4. The minimum absolute atomic E-state index is 0.782. The molecule has 1 saturated carbocycles. The third kappa shape index (κ3) is 2.67. The second-order valence-corrected chi connectivity index (χ2v) is 5.94. The van der Waals surface area contributed by atoms with Gasteiger partial charge in [-0.1, -0.05) is 0 Å². The zero-order chi connectivity index (χ0) is 14.1. The summed E-state index contributed by atoms with van der Waals surface area (Å²) in [5.74, 6) is 0.834. The zero-order valence-corrected chi connectivity index (χ0v) is 13.0. The molecule has 3 rings (SSSR count). The van der Waals surface area contributed by atoms with Crippen molar-refractivity contribution in [2.24, 2.45) is 5.92 Å². The number of fused-ring (bicyclic) bond motifs is 1. The van der Waals surface area contributed by atoms with Gasteiger partial charge in [0.05, 0.1) is 5.69 Å². The van der Waals surface area contributed by atoms with Crippen LogP contribution in [0.25, 0.3) is 11.2 Å². The Bertz CT molecular complexity index is 650. The van der Waals surface area contributed by atoms with Crippen LogP contribution in [0.1, 0.15) is 31.9 Å². The minimum Gasteiger partial charge on any atom is -0.381 e. The van der Waals surface area contributed by atoms with Gasteiger partial charge in [0, 0.05) is 26.3 Å². The number of aromatic amines is 1. The van der Waals surface area contributed by atoms with Crippen molar-refractivity contribution in [2.75, 3.05) is 13.2 Å². The van der Waals surface area contributed by atoms with Crippen LogP contribution in [0.5, 0.6) is 0 Å². The summed E-state index contributed by atoms with van der Waals surface area (Å²) in [6, 6.07) is 0. The normalized spacial score (nSPS) is 15.3. The largest absolute Gasteiger partial charge is 0.381 e. The van der Waals surface area contributed by atoms with E-state index in [0.29, 0.717) is 0 Å². The van der Waals surface area contributed by atoms with Crippen molar-refractivity contribution in [2.45, 2.75) is 46.2 Å². The van der Waals surface area contributed by atoms with Gasteiger partial charge in [0.15, 0.2) is 10.4 Å². The highest BCUT2D eigenvalue weighted by Crippen LogP contribution is 2.28. The lowest BCUT2D eigenvalue weighted by Crippen LogP contribution is -2.08. The summed E-state index contributed by atoms with van der Waals surface area (Å²) in [4.78, 5) is 3.27. The molecule has 0 spiro atoms. The van der Waals surface area contributed by atoms with Crippen LogP contribution < -0.4 is 0 Å². The first-order chi connectivity index (χ1) is 9.70. The third-order valence-electron chi connectivity index (χ3n) is 3.85. The summed E-state index contributed by atoms with van der Waals surface area (Å²) in [7, 11) is 0. The first-order valence-electron chi connectivity index (χ1n) is 7.44. The molecule has 0 unspecified atom stereocenters. The molecule has 0 atom stereocenters. The van der Waals surface area contributed by atoms with E-state index in [-0.39, 0.29) is 0 Å². The van der Waals surface area contributed by atoms with Crippen LogP contribution in [0.15, 0.2) is 0 Å². The Kier molecular flexibility index (Phi) is 3.94. The number of nitrogens with one attached hydrogen (secondary N) is 1. The number of nitrogens with zero attached hydrogens (tertiary/aromatic N) is 3. The molecule has 0 aromatic carbocycles. The molecule has 0 saturated heterocycles. The second kappa shape index (κ2) is 5.69. The quantitative estimate of drug-likeness (QED) is 0.631. The van der Waals surface area contributed by atoms with Crippen molar-refractivity contribution in [3.63, 3.8) is 0 Å². The lowest BCUT2D eigenvalue weighted by atomic mass is 10.4. The highest BCUT2D eigenvalue weighted by molar-refractivity contribution is 7.71. The molecule has 1 fully saturated rings. The van der Waals surface area contributed by atoms with Crippen molar-refractivity contribution in [1.29, 1.82) is 0 Å². The fourth-order valence-corrected chi connectivity index (χ4v) is 2.83. The number of hydrogen-bond acceptors (Lipinski definition) is 3. The van der Waals surface area contributed by atoms with Crippen LogP contribution in [0.4, 0.5) is 0 Å². The molecule has 2 aromatic rings. The molecule has 0 bridgehead atoms. The van der Waals surface area contributed by atoms with Crippen LogP contribution in [-0.4, -0.2) is 32.5 Å². The van der Waals surface area contributed by atoms with E-state index in [1.165, 1.54) is 12.8 Å². The topological polar surface area (TPSA) is 47.8 Å². The predicted molar refractivity (Wildman–Crippen MR) is 81.5 cm³/mol. The highest BCUT2D eigenvalue weighted by Gasteiger charge is 2.21. The molecule has 5 nitrogen and oxygen atoms in total. The molecule has 6 heteroatoms. The Hall–Kier alpha value is -1.14. The molecule has 2 aromatic heterocycles. The maximum absolute atomic E-state index is 5.69. The minimum atomic E-state index is 0.782. The van der Waals surface area contributed by atoms with E-state index in [0.717, 1.165) is 60.3 Å². The van der Waals surface area contributed by atoms with E-state index < -0.39 is 0 Å². The van der Waals surface area contributed by atoms with Crippen molar-refractivity contribution >= 4 is 23.4 Å². The molecule has 2 heterocycles. The standard InChI is InChI=1S/C14H22N4OS/c1-3-18-13-12(10(2)16-18)15-14(20)17(13)7-4-8-19-9-11-5-6-11/h11H,3-9H2,1-2H3,(H,15,20). The average molecular weight is 294 g/mol. The number of ether oxygens (including phenoxy) is 1. The van der Waals surface area contributed by atoms with E-state index in [9.17, 15) is 0 Å². The van der Waals surface area contributed by atoms with Crippen LogP contribution in [0.2, 0.25) is 0 Å². The van der Waals surface area contributed by atoms with Gasteiger partial charge in [0.25, 0.3) is 0 Å². The van der Waals surface area contributed by atoms with E-state index in [2.05, 4.69) is 21.6 Å². The van der Waals surface area contributed by atoms with Crippen molar-refractivity contribution < 1.29 is 4.74 Å². The van der Waals surface area contributed by atoms with Crippen molar-refractivity contribution in [3.05, 3.63) is 10.5 Å². The summed E-state index contributed by atoms with van der Waals surface area (Å²) in [5, 5.41) is 4.53. The Morgan fingerprint density at radius 1 is 1.45 bits per heavy atom. The fraction of sp³-hybridized carbons (Fsp3) is 0.714. The van der Waals surface area contributed by atoms with Gasteiger partial charge >= 0.3 is 0 Å².